The Kier molecular flexibility index (Phi) is 6.35. The molecule has 0 aliphatic carbocycles. The predicted molar refractivity (Wildman–Crippen MR) is 93.2 cm³/mol. The van der Waals surface area contributed by atoms with Gasteiger partial charge in [0.25, 0.3) is 5.78 Å². The van der Waals surface area contributed by atoms with Gasteiger partial charge in [-0.05, 0) is 36.4 Å². The van der Waals surface area contributed by atoms with Crippen LogP contribution < -0.4 is 4.74 Å². The summed E-state index contributed by atoms with van der Waals surface area (Å²) in [6.45, 7) is 0. The monoisotopic (exact) mass is 417 g/mol. The van der Waals surface area contributed by atoms with Crippen LogP contribution in [0, 0.1) is 0 Å². The number of aliphatic hydroxyl groups is 1. The summed E-state index contributed by atoms with van der Waals surface area (Å²) >= 11 is 0. The van der Waals surface area contributed by atoms with Gasteiger partial charge in [0.05, 0.1) is 23.9 Å². The van der Waals surface area contributed by atoms with Crippen LogP contribution in [0.3, 0.4) is 0 Å². The second-order valence-electron chi connectivity index (χ2n) is 5.59. The van der Waals surface area contributed by atoms with Gasteiger partial charge < -0.3 is 9.84 Å². The van der Waals surface area contributed by atoms with Gasteiger partial charge in [-0.2, -0.15) is 26.3 Å². The number of para-hydroxylation sites is 1. The highest BCUT2D eigenvalue weighted by Crippen LogP contribution is 2.36. The Morgan fingerprint density at radius 3 is 2.10 bits per heavy atom. The number of Topliss-reactive ketones (excluding diaryl/α,β-unsaturated/α-hetero) is 1. The van der Waals surface area contributed by atoms with E-state index < -0.39 is 40.7 Å². The molecule has 10 heteroatoms. The zero-order valence-electron chi connectivity index (χ0n) is 14.7. The SMILES string of the molecule is COc1ccc(/C(O)=C(\C=Nc2ccccc2C(F)(F)F)C(=O)C(F)(F)F)cc1. The summed E-state index contributed by atoms with van der Waals surface area (Å²) in [6.07, 6.45) is -9.94. The lowest BCUT2D eigenvalue weighted by Gasteiger charge is -2.11. The predicted octanol–water partition coefficient (Wildman–Crippen LogP) is 5.52. The lowest BCUT2D eigenvalue weighted by Crippen LogP contribution is -2.26. The Morgan fingerprint density at radius 1 is 1.00 bits per heavy atom. The van der Waals surface area contributed by atoms with Crippen LogP contribution in [0.25, 0.3) is 5.76 Å². The van der Waals surface area contributed by atoms with E-state index in [1.54, 1.807) is 0 Å². The van der Waals surface area contributed by atoms with E-state index in [9.17, 15) is 36.2 Å². The van der Waals surface area contributed by atoms with Crippen LogP contribution in [0.4, 0.5) is 32.0 Å². The van der Waals surface area contributed by atoms with Gasteiger partial charge in [0, 0.05) is 11.8 Å². The molecule has 0 aliphatic heterocycles. The third kappa shape index (κ3) is 5.37. The molecule has 1 N–H and O–H groups in total. The van der Waals surface area contributed by atoms with Crippen LogP contribution in [0.5, 0.6) is 5.75 Å². The Morgan fingerprint density at radius 2 is 1.59 bits per heavy atom. The minimum atomic E-state index is -5.38. The van der Waals surface area contributed by atoms with Crippen molar-refractivity contribution in [2.75, 3.05) is 7.11 Å². The molecule has 2 aromatic rings. The molecule has 0 bridgehead atoms. The van der Waals surface area contributed by atoms with Crippen LogP contribution >= 0.6 is 0 Å². The molecule has 0 saturated heterocycles. The summed E-state index contributed by atoms with van der Waals surface area (Å²) in [4.78, 5) is 15.1. The number of aliphatic hydroxyl groups excluding tert-OH is 1. The standard InChI is InChI=1S/C19H13F6NO3/c1-29-12-8-6-11(7-9-12)16(27)13(17(28)19(23,24)25)10-26-15-5-3-2-4-14(15)18(20,21)22/h2-10,27H,1H3/b16-13-,26-10?. The maximum Gasteiger partial charge on any atom is 0.455 e. The number of ketones is 1. The van der Waals surface area contributed by atoms with E-state index >= 15 is 0 Å². The molecule has 154 valence electrons. The first kappa shape index (κ1) is 22.0. The smallest absolute Gasteiger partial charge is 0.455 e. The third-order valence-corrected chi connectivity index (χ3v) is 3.66. The zero-order valence-corrected chi connectivity index (χ0v) is 14.7. The first-order valence-corrected chi connectivity index (χ1v) is 7.84. The summed E-state index contributed by atoms with van der Waals surface area (Å²) in [5.74, 6) is -3.22. The quantitative estimate of drug-likeness (QED) is 0.302. The van der Waals surface area contributed by atoms with E-state index in [1.807, 2.05) is 0 Å². The summed E-state index contributed by atoms with van der Waals surface area (Å²) in [6, 6.07) is 8.86. The van der Waals surface area contributed by atoms with Gasteiger partial charge in [-0.15, -0.1) is 0 Å². The molecule has 0 amide bonds. The Balaban J connectivity index is 2.58. The fourth-order valence-corrected chi connectivity index (χ4v) is 2.24. The molecule has 0 radical (unpaired) electrons. The van der Waals surface area contributed by atoms with Crippen LogP contribution in [-0.2, 0) is 11.0 Å². The van der Waals surface area contributed by atoms with Crippen molar-refractivity contribution in [3.8, 4) is 5.75 Å². The minimum absolute atomic E-state index is 0.186. The largest absolute Gasteiger partial charge is 0.506 e. The Hall–Kier alpha value is -3.30. The number of alkyl halides is 6. The molecule has 0 aromatic heterocycles. The number of aliphatic imine (C=N–C) groups is 1. The van der Waals surface area contributed by atoms with Crippen molar-refractivity contribution in [3.63, 3.8) is 0 Å². The molecular weight excluding hydrogens is 404 g/mol. The lowest BCUT2D eigenvalue weighted by atomic mass is 10.0. The van der Waals surface area contributed by atoms with Crippen LogP contribution in [0.1, 0.15) is 11.1 Å². The molecule has 0 atom stereocenters. The van der Waals surface area contributed by atoms with Crippen LogP contribution in [0.2, 0.25) is 0 Å². The molecule has 0 aliphatic rings. The fraction of sp³-hybridized carbons (Fsp3) is 0.158. The first-order chi connectivity index (χ1) is 13.4. The molecule has 0 fully saturated rings. The van der Waals surface area contributed by atoms with Crippen LogP contribution in [-0.4, -0.2) is 30.4 Å². The van der Waals surface area contributed by atoms with Crippen molar-refractivity contribution in [3.05, 3.63) is 65.2 Å². The molecule has 2 aromatic carbocycles. The van der Waals surface area contributed by atoms with Crippen molar-refractivity contribution in [2.45, 2.75) is 12.4 Å². The van der Waals surface area contributed by atoms with Crippen LogP contribution in [0.15, 0.2) is 59.1 Å². The van der Waals surface area contributed by atoms with E-state index in [4.69, 9.17) is 4.74 Å². The number of nitrogens with zero attached hydrogens (tertiary/aromatic N) is 1. The zero-order chi connectivity index (χ0) is 21.8. The number of hydrogen-bond acceptors (Lipinski definition) is 4. The second kappa shape index (κ2) is 8.38. The molecular formula is C19H13F6NO3. The summed E-state index contributed by atoms with van der Waals surface area (Å²) in [5.41, 5.74) is -3.41. The van der Waals surface area contributed by atoms with Gasteiger partial charge in [-0.1, -0.05) is 12.1 Å². The van der Waals surface area contributed by atoms with Crippen molar-refractivity contribution in [1.29, 1.82) is 0 Å². The average molecular weight is 417 g/mol. The number of allylic oxidation sites excluding steroid dienone is 1. The highest BCUT2D eigenvalue weighted by Gasteiger charge is 2.42. The highest BCUT2D eigenvalue weighted by molar-refractivity contribution is 6.20. The van der Waals surface area contributed by atoms with Crippen molar-refractivity contribution >= 4 is 23.4 Å². The third-order valence-electron chi connectivity index (χ3n) is 3.66. The first-order valence-electron chi connectivity index (χ1n) is 7.84. The number of rotatable bonds is 5. The van der Waals surface area contributed by atoms with E-state index in [-0.39, 0.29) is 11.8 Å². The van der Waals surface area contributed by atoms with Gasteiger partial charge in [0.2, 0.25) is 0 Å². The number of benzene rings is 2. The van der Waals surface area contributed by atoms with Gasteiger partial charge in [0.1, 0.15) is 11.5 Å². The van der Waals surface area contributed by atoms with Crippen molar-refractivity contribution < 1.29 is 41.0 Å². The normalized spacial score (nSPS) is 13.3. The van der Waals surface area contributed by atoms with Gasteiger partial charge in [-0.25, -0.2) is 0 Å². The molecule has 29 heavy (non-hydrogen) atoms. The molecule has 0 unspecified atom stereocenters. The molecule has 0 saturated carbocycles. The van der Waals surface area contributed by atoms with Gasteiger partial charge >= 0.3 is 12.4 Å². The minimum Gasteiger partial charge on any atom is -0.506 e. The topological polar surface area (TPSA) is 58.9 Å². The van der Waals surface area contributed by atoms with E-state index in [0.29, 0.717) is 11.8 Å². The van der Waals surface area contributed by atoms with E-state index in [0.717, 1.165) is 12.1 Å². The molecule has 2 rings (SSSR count). The molecule has 0 heterocycles. The maximum atomic E-state index is 13.0. The van der Waals surface area contributed by atoms with Crippen molar-refractivity contribution in [2.24, 2.45) is 4.99 Å². The Bertz CT molecular complexity index is 944. The number of carbonyl (C=O) groups excluding carboxylic acids is 1. The van der Waals surface area contributed by atoms with E-state index in [1.165, 1.54) is 37.4 Å². The number of carbonyl (C=O) groups is 1. The summed E-state index contributed by atoms with van der Waals surface area (Å²) in [7, 11) is 1.34. The van der Waals surface area contributed by atoms with Gasteiger partial charge in [-0.3, -0.25) is 9.79 Å². The Labute approximate surface area is 160 Å². The average Bonchev–Trinajstić information content (AvgIpc) is 2.66. The fourth-order valence-electron chi connectivity index (χ4n) is 2.24. The number of halogens is 6. The number of methoxy groups -OCH3 is 1. The number of ether oxygens (including phenoxy) is 1. The van der Waals surface area contributed by atoms with Crippen molar-refractivity contribution in [1.82, 2.24) is 0 Å². The highest BCUT2D eigenvalue weighted by atomic mass is 19.4. The van der Waals surface area contributed by atoms with E-state index in [2.05, 4.69) is 4.99 Å². The summed E-state index contributed by atoms with van der Waals surface area (Å²) in [5, 5.41) is 10.2. The second-order valence-corrected chi connectivity index (χ2v) is 5.59. The maximum absolute atomic E-state index is 13.0. The van der Waals surface area contributed by atoms with Gasteiger partial charge in [0.15, 0.2) is 0 Å². The number of hydrogen-bond donors (Lipinski definition) is 1. The molecule has 4 nitrogen and oxygen atoms in total. The lowest BCUT2D eigenvalue weighted by molar-refractivity contribution is -0.165. The molecule has 0 spiro atoms. The summed E-state index contributed by atoms with van der Waals surface area (Å²) < 4.78 is 82.7.